The van der Waals surface area contributed by atoms with Crippen molar-refractivity contribution in [2.24, 2.45) is 11.3 Å². The molecule has 36 heavy (non-hydrogen) atoms. The fourth-order valence-corrected chi connectivity index (χ4v) is 6.58. The van der Waals surface area contributed by atoms with Crippen LogP contribution < -0.4 is 20.1 Å². The lowest BCUT2D eigenvalue weighted by Crippen LogP contribution is -2.37. The zero-order valence-electron chi connectivity index (χ0n) is 22.2. The molecular weight excluding hydrogens is 474 g/mol. The van der Waals surface area contributed by atoms with Gasteiger partial charge in [-0.25, -0.2) is 0 Å². The Labute approximate surface area is 218 Å². The molecule has 0 radical (unpaired) electrons. The lowest BCUT2D eigenvalue weighted by molar-refractivity contribution is -0.117. The number of carbonyl (C=O) groups is 2. The van der Waals surface area contributed by atoms with Crippen molar-refractivity contribution < 1.29 is 19.1 Å². The summed E-state index contributed by atoms with van der Waals surface area (Å²) in [7, 11) is 3.16. The summed E-state index contributed by atoms with van der Waals surface area (Å²) in [5.41, 5.74) is 2.37. The van der Waals surface area contributed by atoms with E-state index in [2.05, 4.69) is 36.3 Å². The van der Waals surface area contributed by atoms with Crippen LogP contribution in [0.25, 0.3) is 0 Å². The standard InChI is InChI=1S/C28H39N3O4S/c1-28(2,3)18-9-11-20-23(15-18)36-27(30-24(32)17-31-13-7-6-8-14-31)25(20)26(33)29-21-16-19(34-4)10-12-22(21)35-5/h10,12,16,18H,6-9,11,13-15,17H2,1-5H3,(H,29,33)(H,30,32). The van der Waals surface area contributed by atoms with Gasteiger partial charge in [0.1, 0.15) is 16.5 Å². The van der Waals surface area contributed by atoms with E-state index in [-0.39, 0.29) is 17.2 Å². The SMILES string of the molecule is COc1ccc(OC)c(NC(=O)c2c(NC(=O)CN3CCCCC3)sc3c2CCC(C(C)(C)C)C3)c1. The molecule has 2 heterocycles. The summed E-state index contributed by atoms with van der Waals surface area (Å²) in [6, 6.07) is 5.31. The van der Waals surface area contributed by atoms with Crippen molar-refractivity contribution in [1.29, 1.82) is 0 Å². The quantitative estimate of drug-likeness (QED) is 0.504. The molecular formula is C28H39N3O4S. The van der Waals surface area contributed by atoms with Crippen LogP contribution in [-0.2, 0) is 17.6 Å². The molecule has 0 saturated carbocycles. The highest BCUT2D eigenvalue weighted by molar-refractivity contribution is 7.17. The molecule has 1 fully saturated rings. The van der Waals surface area contributed by atoms with Gasteiger partial charge in [-0.05, 0) is 74.2 Å². The predicted octanol–water partition coefficient (Wildman–Crippen LogP) is 5.59. The average molecular weight is 514 g/mol. The number of hydrogen-bond acceptors (Lipinski definition) is 6. The average Bonchev–Trinajstić information content (AvgIpc) is 3.20. The summed E-state index contributed by atoms with van der Waals surface area (Å²) in [5, 5.41) is 6.78. The maximum absolute atomic E-state index is 13.7. The minimum atomic E-state index is -0.235. The Balaban J connectivity index is 1.63. The monoisotopic (exact) mass is 513 g/mol. The number of thiophene rings is 1. The number of nitrogens with zero attached hydrogens (tertiary/aromatic N) is 1. The normalized spacial score (nSPS) is 18.3. The third-order valence-electron chi connectivity index (χ3n) is 7.44. The number of likely N-dealkylation sites (tertiary alicyclic amines) is 1. The van der Waals surface area contributed by atoms with Crippen LogP contribution in [0.1, 0.15) is 67.3 Å². The van der Waals surface area contributed by atoms with Gasteiger partial charge in [0.05, 0.1) is 32.0 Å². The molecule has 0 bridgehead atoms. The van der Waals surface area contributed by atoms with Gasteiger partial charge in [-0.2, -0.15) is 0 Å². The van der Waals surface area contributed by atoms with Crippen LogP contribution in [0.5, 0.6) is 11.5 Å². The minimum Gasteiger partial charge on any atom is -0.497 e. The van der Waals surface area contributed by atoms with Crippen molar-refractivity contribution in [3.05, 3.63) is 34.2 Å². The second-order valence-electron chi connectivity index (χ2n) is 10.9. The van der Waals surface area contributed by atoms with Gasteiger partial charge in [-0.3, -0.25) is 14.5 Å². The molecule has 2 aromatic rings. The van der Waals surface area contributed by atoms with Gasteiger partial charge in [0.25, 0.3) is 5.91 Å². The summed E-state index contributed by atoms with van der Waals surface area (Å²) in [4.78, 5) is 30.1. The molecule has 2 N–H and O–H groups in total. The molecule has 2 amide bonds. The first kappa shape index (κ1) is 26.5. The molecule has 0 spiro atoms. The Bertz CT molecular complexity index is 1100. The number of amides is 2. The molecule has 1 aliphatic carbocycles. The number of rotatable bonds is 7. The molecule has 196 valence electrons. The lowest BCUT2D eigenvalue weighted by atomic mass is 9.72. The second-order valence-corrected chi connectivity index (χ2v) is 12.0. The Morgan fingerprint density at radius 2 is 1.83 bits per heavy atom. The van der Waals surface area contributed by atoms with E-state index in [1.165, 1.54) is 11.3 Å². The number of ether oxygens (including phenoxy) is 2. The van der Waals surface area contributed by atoms with Gasteiger partial charge in [0.2, 0.25) is 5.91 Å². The van der Waals surface area contributed by atoms with Crippen LogP contribution in [0.2, 0.25) is 0 Å². The molecule has 1 saturated heterocycles. The maximum Gasteiger partial charge on any atom is 0.259 e. The van der Waals surface area contributed by atoms with E-state index in [1.54, 1.807) is 43.8 Å². The highest BCUT2D eigenvalue weighted by Gasteiger charge is 2.34. The third kappa shape index (κ3) is 6.03. The van der Waals surface area contributed by atoms with Crippen LogP contribution in [0.4, 0.5) is 10.7 Å². The largest absolute Gasteiger partial charge is 0.497 e. The number of carbonyl (C=O) groups excluding carboxylic acids is 2. The summed E-state index contributed by atoms with van der Waals surface area (Å²) in [5.74, 6) is 1.42. The molecule has 1 atom stereocenters. The third-order valence-corrected chi connectivity index (χ3v) is 8.61. The van der Waals surface area contributed by atoms with E-state index >= 15 is 0 Å². The zero-order valence-corrected chi connectivity index (χ0v) is 23.0. The first-order chi connectivity index (χ1) is 17.2. The highest BCUT2D eigenvalue weighted by Crippen LogP contribution is 2.44. The molecule has 7 nitrogen and oxygen atoms in total. The number of piperidine rings is 1. The summed E-state index contributed by atoms with van der Waals surface area (Å²) in [6.45, 7) is 9.09. The fraction of sp³-hybridized carbons (Fsp3) is 0.571. The molecule has 1 aromatic heterocycles. The Morgan fingerprint density at radius 3 is 2.50 bits per heavy atom. The van der Waals surface area contributed by atoms with Crippen LogP contribution in [-0.4, -0.2) is 50.6 Å². The van der Waals surface area contributed by atoms with Crippen LogP contribution >= 0.6 is 11.3 Å². The summed E-state index contributed by atoms with van der Waals surface area (Å²) in [6.07, 6.45) is 6.26. The van der Waals surface area contributed by atoms with Gasteiger partial charge in [-0.15, -0.1) is 11.3 Å². The summed E-state index contributed by atoms with van der Waals surface area (Å²) < 4.78 is 10.8. The Morgan fingerprint density at radius 1 is 1.08 bits per heavy atom. The van der Waals surface area contributed by atoms with Crippen molar-refractivity contribution in [3.63, 3.8) is 0 Å². The van der Waals surface area contributed by atoms with Gasteiger partial charge in [-0.1, -0.05) is 27.2 Å². The van der Waals surface area contributed by atoms with E-state index in [1.807, 2.05) is 0 Å². The van der Waals surface area contributed by atoms with Crippen molar-refractivity contribution in [2.75, 3.05) is 44.5 Å². The summed E-state index contributed by atoms with van der Waals surface area (Å²) >= 11 is 1.56. The maximum atomic E-state index is 13.7. The van der Waals surface area contributed by atoms with Crippen molar-refractivity contribution >= 4 is 33.8 Å². The minimum absolute atomic E-state index is 0.0594. The van der Waals surface area contributed by atoms with E-state index in [9.17, 15) is 9.59 Å². The van der Waals surface area contributed by atoms with Crippen molar-refractivity contribution in [3.8, 4) is 11.5 Å². The molecule has 2 aliphatic rings. The van der Waals surface area contributed by atoms with Gasteiger partial charge < -0.3 is 20.1 Å². The van der Waals surface area contributed by atoms with Gasteiger partial charge >= 0.3 is 0 Å². The van der Waals surface area contributed by atoms with Gasteiger partial charge in [0.15, 0.2) is 0 Å². The van der Waals surface area contributed by atoms with Crippen molar-refractivity contribution in [2.45, 2.75) is 59.3 Å². The predicted molar refractivity (Wildman–Crippen MR) is 146 cm³/mol. The van der Waals surface area contributed by atoms with Crippen LogP contribution in [0.15, 0.2) is 18.2 Å². The zero-order chi connectivity index (χ0) is 25.9. The molecule has 1 aliphatic heterocycles. The molecule has 4 rings (SSSR count). The van der Waals surface area contributed by atoms with Crippen LogP contribution in [0, 0.1) is 11.3 Å². The molecule has 1 aromatic carbocycles. The van der Waals surface area contributed by atoms with E-state index in [4.69, 9.17) is 9.47 Å². The second kappa shape index (κ2) is 11.2. The number of benzene rings is 1. The van der Waals surface area contributed by atoms with E-state index < -0.39 is 0 Å². The van der Waals surface area contributed by atoms with E-state index in [0.29, 0.717) is 40.2 Å². The fourth-order valence-electron chi connectivity index (χ4n) is 5.24. The first-order valence-electron chi connectivity index (χ1n) is 12.9. The smallest absolute Gasteiger partial charge is 0.259 e. The molecule has 1 unspecified atom stereocenters. The van der Waals surface area contributed by atoms with Crippen LogP contribution in [0.3, 0.4) is 0 Å². The Hall–Kier alpha value is -2.58. The van der Waals surface area contributed by atoms with E-state index in [0.717, 1.165) is 50.8 Å². The molecule has 8 heteroatoms. The highest BCUT2D eigenvalue weighted by atomic mass is 32.1. The van der Waals surface area contributed by atoms with Gasteiger partial charge in [0, 0.05) is 10.9 Å². The number of methoxy groups -OCH3 is 2. The first-order valence-corrected chi connectivity index (χ1v) is 13.7. The number of nitrogens with one attached hydrogen (secondary N) is 2. The lowest BCUT2D eigenvalue weighted by Gasteiger charge is -2.33. The number of fused-ring (bicyclic) bond motifs is 1. The topological polar surface area (TPSA) is 79.9 Å². The Kier molecular flexibility index (Phi) is 8.25. The van der Waals surface area contributed by atoms with Crippen molar-refractivity contribution in [1.82, 2.24) is 4.90 Å². The number of anilines is 2. The number of hydrogen-bond donors (Lipinski definition) is 2.